The van der Waals surface area contributed by atoms with E-state index in [0.29, 0.717) is 12.8 Å². The van der Waals surface area contributed by atoms with Crippen LogP contribution in [0, 0.1) is 0 Å². The Bertz CT molecular complexity index is 84.3. The molecule has 1 fully saturated rings. The molecule has 0 heterocycles. The minimum absolute atomic E-state index is 0.609. The third-order valence-electron chi connectivity index (χ3n) is 1.79. The summed E-state index contributed by atoms with van der Waals surface area (Å²) in [6, 6.07) is 0. The highest BCUT2D eigenvalue weighted by atomic mass is 16.4. The molecule has 3 nitrogen and oxygen atoms in total. The van der Waals surface area contributed by atoms with Gasteiger partial charge >= 0.3 is 0 Å². The van der Waals surface area contributed by atoms with Crippen molar-refractivity contribution >= 4 is 0 Å². The first kappa shape index (κ1) is 6.99. The van der Waals surface area contributed by atoms with Gasteiger partial charge in [0.25, 0.3) is 0 Å². The monoisotopic (exact) mass is 132 g/mol. The summed E-state index contributed by atoms with van der Waals surface area (Å²) in [6.45, 7) is 0. The molecule has 0 radical (unpaired) electrons. The van der Waals surface area contributed by atoms with Crippen molar-refractivity contribution in [1.29, 1.82) is 0 Å². The van der Waals surface area contributed by atoms with Crippen LogP contribution in [0.5, 0.6) is 0 Å². The molecule has 3 N–H and O–H groups in total. The van der Waals surface area contributed by atoms with Crippen LogP contribution in [-0.2, 0) is 0 Å². The van der Waals surface area contributed by atoms with Gasteiger partial charge in [0, 0.05) is 0 Å². The first-order chi connectivity index (χ1) is 4.22. The van der Waals surface area contributed by atoms with Gasteiger partial charge in [-0.2, -0.15) is 0 Å². The second-order valence-electron chi connectivity index (χ2n) is 2.56. The van der Waals surface area contributed by atoms with Crippen molar-refractivity contribution in [3.05, 3.63) is 0 Å². The fourth-order valence-corrected chi connectivity index (χ4v) is 1.13. The van der Waals surface area contributed by atoms with Crippen LogP contribution in [0.1, 0.15) is 19.3 Å². The molecule has 9 heavy (non-hydrogen) atoms. The SMILES string of the molecule is OC1CCC[C@H](O)[C@@H]1O. The molecule has 0 bridgehead atoms. The molecule has 3 atom stereocenters. The summed E-state index contributed by atoms with van der Waals surface area (Å²) in [5.41, 5.74) is 0. The van der Waals surface area contributed by atoms with E-state index < -0.39 is 18.3 Å². The van der Waals surface area contributed by atoms with Crippen molar-refractivity contribution in [2.75, 3.05) is 0 Å². The lowest BCUT2D eigenvalue weighted by atomic mass is 9.92. The fraction of sp³-hybridized carbons (Fsp3) is 1.00. The maximum atomic E-state index is 8.95. The summed E-state index contributed by atoms with van der Waals surface area (Å²) in [4.78, 5) is 0. The highest BCUT2D eigenvalue weighted by Crippen LogP contribution is 2.18. The largest absolute Gasteiger partial charge is 0.390 e. The minimum atomic E-state index is -0.918. The van der Waals surface area contributed by atoms with Crippen molar-refractivity contribution < 1.29 is 15.3 Å². The second kappa shape index (κ2) is 2.64. The quantitative estimate of drug-likeness (QED) is 0.406. The Morgan fingerprint density at radius 3 is 1.67 bits per heavy atom. The predicted molar refractivity (Wildman–Crippen MR) is 31.9 cm³/mol. The Balaban J connectivity index is 2.41. The van der Waals surface area contributed by atoms with Gasteiger partial charge in [0.05, 0.1) is 12.2 Å². The van der Waals surface area contributed by atoms with E-state index in [1.54, 1.807) is 0 Å². The third-order valence-corrected chi connectivity index (χ3v) is 1.79. The van der Waals surface area contributed by atoms with E-state index in [1.807, 2.05) is 0 Å². The lowest BCUT2D eigenvalue weighted by Gasteiger charge is -2.27. The molecule has 1 rings (SSSR count). The number of hydrogen-bond acceptors (Lipinski definition) is 3. The molecule has 1 aliphatic carbocycles. The smallest absolute Gasteiger partial charge is 0.106 e. The highest BCUT2D eigenvalue weighted by Gasteiger charge is 2.28. The van der Waals surface area contributed by atoms with Crippen LogP contribution in [-0.4, -0.2) is 33.6 Å². The molecule has 1 unspecified atom stereocenters. The van der Waals surface area contributed by atoms with Crippen molar-refractivity contribution in [2.24, 2.45) is 0 Å². The second-order valence-corrected chi connectivity index (χ2v) is 2.56. The molecule has 0 aliphatic heterocycles. The maximum Gasteiger partial charge on any atom is 0.106 e. The van der Waals surface area contributed by atoms with E-state index >= 15 is 0 Å². The first-order valence-electron chi connectivity index (χ1n) is 3.26. The van der Waals surface area contributed by atoms with Gasteiger partial charge in [-0.3, -0.25) is 0 Å². The van der Waals surface area contributed by atoms with E-state index in [2.05, 4.69) is 0 Å². The topological polar surface area (TPSA) is 60.7 Å². The van der Waals surface area contributed by atoms with Crippen LogP contribution in [0.4, 0.5) is 0 Å². The Hall–Kier alpha value is -0.120. The third kappa shape index (κ3) is 1.41. The summed E-state index contributed by atoms with van der Waals surface area (Å²) >= 11 is 0. The molecular weight excluding hydrogens is 120 g/mol. The van der Waals surface area contributed by atoms with Gasteiger partial charge in [0.1, 0.15) is 6.10 Å². The zero-order valence-corrected chi connectivity index (χ0v) is 5.20. The standard InChI is InChI=1S/C6H12O3/c7-4-2-1-3-5(8)6(4)9/h4-9H,1-3H2/t4-,5?,6-/m0/s1. The molecule has 54 valence electrons. The maximum absolute atomic E-state index is 8.95. The number of aliphatic hydroxyl groups is 3. The van der Waals surface area contributed by atoms with Crippen LogP contribution in [0.2, 0.25) is 0 Å². The Morgan fingerprint density at radius 1 is 0.889 bits per heavy atom. The van der Waals surface area contributed by atoms with E-state index in [0.717, 1.165) is 6.42 Å². The normalized spacial score (nSPS) is 45.0. The van der Waals surface area contributed by atoms with Crippen LogP contribution in [0.15, 0.2) is 0 Å². The van der Waals surface area contributed by atoms with Crippen molar-refractivity contribution in [1.82, 2.24) is 0 Å². The average molecular weight is 132 g/mol. The zero-order chi connectivity index (χ0) is 6.85. The molecular formula is C6H12O3. The Morgan fingerprint density at radius 2 is 1.33 bits per heavy atom. The molecule has 1 aliphatic rings. The lowest BCUT2D eigenvalue weighted by Crippen LogP contribution is -2.40. The van der Waals surface area contributed by atoms with Gasteiger partial charge < -0.3 is 15.3 Å². The van der Waals surface area contributed by atoms with Gasteiger partial charge in [-0.25, -0.2) is 0 Å². The van der Waals surface area contributed by atoms with Gasteiger partial charge in [-0.1, -0.05) is 0 Å². The number of aliphatic hydroxyl groups excluding tert-OH is 3. The first-order valence-corrected chi connectivity index (χ1v) is 3.26. The van der Waals surface area contributed by atoms with Crippen molar-refractivity contribution in [3.63, 3.8) is 0 Å². The molecule has 0 spiro atoms. The lowest BCUT2D eigenvalue weighted by molar-refractivity contribution is -0.0843. The van der Waals surface area contributed by atoms with E-state index in [9.17, 15) is 0 Å². The van der Waals surface area contributed by atoms with E-state index in [1.165, 1.54) is 0 Å². The minimum Gasteiger partial charge on any atom is -0.390 e. The van der Waals surface area contributed by atoms with Gasteiger partial charge in [0.2, 0.25) is 0 Å². The van der Waals surface area contributed by atoms with Gasteiger partial charge in [0.15, 0.2) is 0 Å². The summed E-state index contributed by atoms with van der Waals surface area (Å²) in [5.74, 6) is 0. The highest BCUT2D eigenvalue weighted by molar-refractivity contribution is 4.80. The Kier molecular flexibility index (Phi) is 2.05. The number of rotatable bonds is 0. The molecule has 0 aromatic heterocycles. The van der Waals surface area contributed by atoms with Crippen LogP contribution >= 0.6 is 0 Å². The van der Waals surface area contributed by atoms with Crippen LogP contribution in [0.25, 0.3) is 0 Å². The van der Waals surface area contributed by atoms with Crippen LogP contribution in [0.3, 0.4) is 0 Å². The summed E-state index contributed by atoms with van der Waals surface area (Å²) in [7, 11) is 0. The summed E-state index contributed by atoms with van der Waals surface area (Å²) in [6.07, 6.45) is -0.322. The van der Waals surface area contributed by atoms with Crippen LogP contribution < -0.4 is 0 Å². The predicted octanol–water partition coefficient (Wildman–Crippen LogP) is -0.747. The molecule has 0 amide bonds. The molecule has 1 saturated carbocycles. The van der Waals surface area contributed by atoms with Crippen molar-refractivity contribution in [3.8, 4) is 0 Å². The summed E-state index contributed by atoms with van der Waals surface area (Å²) < 4.78 is 0. The Labute approximate surface area is 53.9 Å². The average Bonchev–Trinajstić information content (AvgIpc) is 1.83. The molecule has 3 heteroatoms. The zero-order valence-electron chi connectivity index (χ0n) is 5.20. The van der Waals surface area contributed by atoms with Crippen molar-refractivity contribution in [2.45, 2.75) is 37.6 Å². The molecule has 0 aromatic rings. The van der Waals surface area contributed by atoms with Gasteiger partial charge in [-0.15, -0.1) is 0 Å². The fourth-order valence-electron chi connectivity index (χ4n) is 1.13. The summed E-state index contributed by atoms with van der Waals surface area (Å²) in [5, 5.41) is 26.8. The molecule has 0 saturated heterocycles. The number of hydrogen-bond donors (Lipinski definition) is 3. The van der Waals surface area contributed by atoms with E-state index in [4.69, 9.17) is 15.3 Å². The van der Waals surface area contributed by atoms with E-state index in [-0.39, 0.29) is 0 Å². The van der Waals surface area contributed by atoms with Gasteiger partial charge in [-0.05, 0) is 19.3 Å². The molecule has 0 aromatic carbocycles.